The summed E-state index contributed by atoms with van der Waals surface area (Å²) in [7, 11) is 0. The molecule has 1 aliphatic rings. The molecule has 3 rings (SSSR count). The summed E-state index contributed by atoms with van der Waals surface area (Å²) in [6.45, 7) is 3.45. The van der Waals surface area contributed by atoms with Crippen molar-refractivity contribution in [2.75, 3.05) is 4.90 Å². The molecule has 2 amide bonds. The molecule has 0 spiro atoms. The van der Waals surface area contributed by atoms with Gasteiger partial charge in [0.1, 0.15) is 12.1 Å². The smallest absolute Gasteiger partial charge is 0.250 e. The summed E-state index contributed by atoms with van der Waals surface area (Å²) in [5.41, 5.74) is 0.767. The minimum absolute atomic E-state index is 0.0765. The summed E-state index contributed by atoms with van der Waals surface area (Å²) < 4.78 is 0. The van der Waals surface area contributed by atoms with Crippen LogP contribution >= 0.6 is 0 Å². The molecule has 1 saturated heterocycles. The van der Waals surface area contributed by atoms with Crippen molar-refractivity contribution < 1.29 is 9.59 Å². The molecule has 0 aliphatic carbocycles. The van der Waals surface area contributed by atoms with Gasteiger partial charge < -0.3 is 5.32 Å². The Kier molecular flexibility index (Phi) is 2.93. The molecule has 2 aromatic carbocycles. The molecule has 2 unspecified atom stereocenters. The van der Waals surface area contributed by atoms with E-state index >= 15 is 0 Å². The monoisotopic (exact) mass is 268 g/mol. The van der Waals surface area contributed by atoms with Gasteiger partial charge in [-0.15, -0.1) is 0 Å². The van der Waals surface area contributed by atoms with Gasteiger partial charge in [-0.2, -0.15) is 0 Å². The number of fused-ring (bicyclic) bond motifs is 1. The third-order valence-electron chi connectivity index (χ3n) is 3.74. The maximum absolute atomic E-state index is 12.3. The molecule has 102 valence electrons. The molecule has 1 aliphatic heterocycles. The van der Waals surface area contributed by atoms with Crippen LogP contribution in [0.15, 0.2) is 42.5 Å². The number of nitrogens with zero attached hydrogens (tertiary/aromatic N) is 1. The first-order chi connectivity index (χ1) is 9.58. The lowest BCUT2D eigenvalue weighted by molar-refractivity contribution is -0.133. The topological polar surface area (TPSA) is 49.4 Å². The van der Waals surface area contributed by atoms with Gasteiger partial charge in [0.05, 0.1) is 0 Å². The zero-order chi connectivity index (χ0) is 14.3. The van der Waals surface area contributed by atoms with Gasteiger partial charge >= 0.3 is 0 Å². The molecular weight excluding hydrogens is 252 g/mol. The lowest BCUT2D eigenvalue weighted by Gasteiger charge is -2.36. The molecule has 4 nitrogen and oxygen atoms in total. The van der Waals surface area contributed by atoms with Crippen molar-refractivity contribution in [1.29, 1.82) is 0 Å². The molecular formula is C16H16N2O2. The van der Waals surface area contributed by atoms with Crippen LogP contribution in [0, 0.1) is 0 Å². The quantitative estimate of drug-likeness (QED) is 0.861. The predicted octanol–water partition coefficient (Wildman–Crippen LogP) is 2.08. The van der Waals surface area contributed by atoms with Crippen LogP contribution in [-0.4, -0.2) is 23.9 Å². The Hall–Kier alpha value is -2.36. The van der Waals surface area contributed by atoms with Gasteiger partial charge in [0, 0.05) is 5.69 Å². The average Bonchev–Trinajstić information content (AvgIpc) is 2.45. The van der Waals surface area contributed by atoms with Crippen LogP contribution < -0.4 is 10.2 Å². The standard InChI is InChI=1S/C16H16N2O2/c1-10-16(20)18(11(2)15(19)17-10)14-8-7-12-5-3-4-6-13(12)9-14/h3-11H,1-2H3,(H,17,19). The number of amides is 2. The molecule has 0 bridgehead atoms. The Morgan fingerprint density at radius 3 is 2.45 bits per heavy atom. The molecule has 2 atom stereocenters. The third-order valence-corrected chi connectivity index (χ3v) is 3.74. The van der Waals surface area contributed by atoms with Crippen LogP contribution in [0.2, 0.25) is 0 Å². The second kappa shape index (κ2) is 4.63. The first-order valence-corrected chi connectivity index (χ1v) is 6.70. The Morgan fingerprint density at radius 2 is 1.70 bits per heavy atom. The third kappa shape index (κ3) is 1.93. The molecule has 0 radical (unpaired) electrons. The van der Waals surface area contributed by atoms with Crippen LogP contribution in [0.3, 0.4) is 0 Å². The van der Waals surface area contributed by atoms with Gasteiger partial charge in [-0.25, -0.2) is 0 Å². The highest BCUT2D eigenvalue weighted by Gasteiger charge is 2.36. The van der Waals surface area contributed by atoms with E-state index in [4.69, 9.17) is 0 Å². The Bertz CT molecular complexity index is 696. The van der Waals surface area contributed by atoms with Gasteiger partial charge in [-0.1, -0.05) is 30.3 Å². The molecule has 1 fully saturated rings. The molecule has 4 heteroatoms. The van der Waals surface area contributed by atoms with Crippen LogP contribution in [-0.2, 0) is 9.59 Å². The van der Waals surface area contributed by atoms with E-state index < -0.39 is 12.1 Å². The van der Waals surface area contributed by atoms with E-state index in [0.29, 0.717) is 0 Å². The van der Waals surface area contributed by atoms with E-state index in [9.17, 15) is 9.59 Å². The Morgan fingerprint density at radius 1 is 1.00 bits per heavy atom. The number of rotatable bonds is 1. The van der Waals surface area contributed by atoms with Gasteiger partial charge in [-0.3, -0.25) is 14.5 Å². The van der Waals surface area contributed by atoms with Crippen molar-refractivity contribution in [3.05, 3.63) is 42.5 Å². The van der Waals surface area contributed by atoms with Crippen LogP contribution in [0.5, 0.6) is 0 Å². The van der Waals surface area contributed by atoms with Gasteiger partial charge in [0.2, 0.25) is 11.8 Å². The van der Waals surface area contributed by atoms with Gasteiger partial charge in [-0.05, 0) is 36.8 Å². The van der Waals surface area contributed by atoms with Crippen molar-refractivity contribution in [1.82, 2.24) is 5.32 Å². The number of hydrogen-bond donors (Lipinski definition) is 1. The summed E-state index contributed by atoms with van der Waals surface area (Å²) >= 11 is 0. The van der Waals surface area contributed by atoms with E-state index in [0.717, 1.165) is 16.5 Å². The van der Waals surface area contributed by atoms with Gasteiger partial charge in [0.15, 0.2) is 0 Å². The van der Waals surface area contributed by atoms with E-state index in [1.54, 1.807) is 18.7 Å². The largest absolute Gasteiger partial charge is 0.343 e. The van der Waals surface area contributed by atoms with E-state index in [1.807, 2.05) is 42.5 Å². The van der Waals surface area contributed by atoms with Crippen molar-refractivity contribution in [3.63, 3.8) is 0 Å². The lowest BCUT2D eigenvalue weighted by atomic mass is 10.1. The number of nitrogens with one attached hydrogen (secondary N) is 1. The molecule has 2 aromatic rings. The summed E-state index contributed by atoms with van der Waals surface area (Å²) in [5, 5.41) is 4.86. The number of anilines is 1. The summed E-state index contributed by atoms with van der Waals surface area (Å²) in [6.07, 6.45) is 0. The molecule has 0 saturated carbocycles. The first kappa shape index (κ1) is 12.7. The van der Waals surface area contributed by atoms with Gasteiger partial charge in [0.25, 0.3) is 0 Å². The highest BCUT2D eigenvalue weighted by molar-refractivity contribution is 6.08. The van der Waals surface area contributed by atoms with E-state index in [-0.39, 0.29) is 11.8 Å². The van der Waals surface area contributed by atoms with Crippen LogP contribution in [0.25, 0.3) is 10.8 Å². The van der Waals surface area contributed by atoms with E-state index in [2.05, 4.69) is 5.32 Å². The number of carbonyl (C=O) groups excluding carboxylic acids is 2. The number of piperazine rings is 1. The van der Waals surface area contributed by atoms with Crippen LogP contribution in [0.1, 0.15) is 13.8 Å². The lowest BCUT2D eigenvalue weighted by Crippen LogP contribution is -2.61. The van der Waals surface area contributed by atoms with Crippen molar-refractivity contribution in [2.45, 2.75) is 25.9 Å². The highest BCUT2D eigenvalue weighted by Crippen LogP contribution is 2.25. The van der Waals surface area contributed by atoms with Crippen molar-refractivity contribution >= 4 is 28.3 Å². The maximum atomic E-state index is 12.3. The fraction of sp³-hybridized carbons (Fsp3) is 0.250. The second-order valence-electron chi connectivity index (χ2n) is 5.15. The summed E-state index contributed by atoms with van der Waals surface area (Å²) in [4.78, 5) is 25.8. The number of benzene rings is 2. The first-order valence-electron chi connectivity index (χ1n) is 6.70. The SMILES string of the molecule is CC1NC(=O)C(C)N(c2ccc3ccccc3c2)C1=O. The van der Waals surface area contributed by atoms with Crippen molar-refractivity contribution in [2.24, 2.45) is 0 Å². The highest BCUT2D eigenvalue weighted by atomic mass is 16.2. The Balaban J connectivity index is 2.08. The minimum atomic E-state index is -0.486. The summed E-state index contributed by atoms with van der Waals surface area (Å²) in [5.74, 6) is -0.197. The fourth-order valence-corrected chi connectivity index (χ4v) is 2.59. The molecule has 0 aromatic heterocycles. The normalized spacial score (nSPS) is 23.0. The maximum Gasteiger partial charge on any atom is 0.250 e. The number of carbonyl (C=O) groups is 2. The summed E-state index contributed by atoms with van der Waals surface area (Å²) in [6, 6.07) is 12.8. The predicted molar refractivity (Wildman–Crippen MR) is 78.5 cm³/mol. The number of hydrogen-bond acceptors (Lipinski definition) is 2. The zero-order valence-corrected chi connectivity index (χ0v) is 11.5. The van der Waals surface area contributed by atoms with E-state index in [1.165, 1.54) is 0 Å². The molecule has 1 N–H and O–H groups in total. The fourth-order valence-electron chi connectivity index (χ4n) is 2.59. The second-order valence-corrected chi connectivity index (χ2v) is 5.15. The van der Waals surface area contributed by atoms with Crippen LogP contribution in [0.4, 0.5) is 5.69 Å². The average molecular weight is 268 g/mol. The zero-order valence-electron chi connectivity index (χ0n) is 11.5. The minimum Gasteiger partial charge on any atom is -0.343 e. The Labute approximate surface area is 117 Å². The van der Waals surface area contributed by atoms with Crippen molar-refractivity contribution in [3.8, 4) is 0 Å². The molecule has 1 heterocycles. The molecule has 20 heavy (non-hydrogen) atoms.